The molecule has 0 radical (unpaired) electrons. The van der Waals surface area contributed by atoms with Crippen molar-refractivity contribution >= 4 is 5.97 Å². The van der Waals surface area contributed by atoms with Gasteiger partial charge in [-0.3, -0.25) is 4.79 Å². The summed E-state index contributed by atoms with van der Waals surface area (Å²) < 4.78 is 6.78. The van der Waals surface area contributed by atoms with Crippen LogP contribution in [0, 0.1) is 0 Å². The van der Waals surface area contributed by atoms with Crippen molar-refractivity contribution in [2.24, 2.45) is 5.73 Å². The Bertz CT molecular complexity index is 377. The Morgan fingerprint density at radius 2 is 2.47 bits per heavy atom. The Morgan fingerprint density at radius 1 is 1.65 bits per heavy atom. The SMILES string of the molecule is COC(=O)CCC(N)c1cn2c(n1)CCCC2. The second-order valence-corrected chi connectivity index (χ2v) is 4.45. The van der Waals surface area contributed by atoms with Crippen LogP contribution in [0.25, 0.3) is 0 Å². The maximum atomic E-state index is 11.0. The minimum Gasteiger partial charge on any atom is -0.469 e. The van der Waals surface area contributed by atoms with E-state index in [1.807, 2.05) is 6.20 Å². The van der Waals surface area contributed by atoms with Gasteiger partial charge in [-0.1, -0.05) is 0 Å². The first kappa shape index (κ1) is 12.1. The van der Waals surface area contributed by atoms with E-state index in [0.29, 0.717) is 12.8 Å². The van der Waals surface area contributed by atoms with Crippen molar-refractivity contribution in [1.29, 1.82) is 0 Å². The number of ether oxygens (including phenoxy) is 1. The van der Waals surface area contributed by atoms with Gasteiger partial charge in [0, 0.05) is 31.6 Å². The van der Waals surface area contributed by atoms with Crippen molar-refractivity contribution in [2.45, 2.75) is 44.7 Å². The van der Waals surface area contributed by atoms with E-state index in [1.54, 1.807) is 0 Å². The third kappa shape index (κ3) is 2.85. The van der Waals surface area contributed by atoms with E-state index in [1.165, 1.54) is 20.0 Å². The molecule has 0 fully saturated rings. The van der Waals surface area contributed by atoms with Crippen LogP contribution in [0.5, 0.6) is 0 Å². The minimum absolute atomic E-state index is 0.174. The summed E-state index contributed by atoms with van der Waals surface area (Å²) in [7, 11) is 1.39. The maximum Gasteiger partial charge on any atom is 0.305 e. The van der Waals surface area contributed by atoms with Gasteiger partial charge in [0.2, 0.25) is 0 Å². The van der Waals surface area contributed by atoms with Crippen LogP contribution in [0.4, 0.5) is 0 Å². The van der Waals surface area contributed by atoms with Crippen molar-refractivity contribution < 1.29 is 9.53 Å². The number of imidazole rings is 1. The van der Waals surface area contributed by atoms with Gasteiger partial charge in [0.1, 0.15) is 5.82 Å². The summed E-state index contributed by atoms with van der Waals surface area (Å²) in [5.41, 5.74) is 6.92. The van der Waals surface area contributed by atoms with E-state index >= 15 is 0 Å². The number of aromatic nitrogens is 2. The molecule has 5 heteroatoms. The molecule has 1 aliphatic heterocycles. The van der Waals surface area contributed by atoms with Gasteiger partial charge in [-0.2, -0.15) is 0 Å². The number of fused-ring (bicyclic) bond motifs is 1. The lowest BCUT2D eigenvalue weighted by Gasteiger charge is -2.11. The first-order valence-corrected chi connectivity index (χ1v) is 6.09. The number of hydrogen-bond acceptors (Lipinski definition) is 4. The molecule has 5 nitrogen and oxygen atoms in total. The lowest BCUT2D eigenvalue weighted by molar-refractivity contribution is -0.140. The van der Waals surface area contributed by atoms with Crippen LogP contribution in [0.1, 0.15) is 43.2 Å². The number of nitrogens with zero attached hydrogens (tertiary/aromatic N) is 2. The summed E-state index contributed by atoms with van der Waals surface area (Å²) in [5.74, 6) is 0.907. The van der Waals surface area contributed by atoms with Crippen LogP contribution in [0.3, 0.4) is 0 Å². The van der Waals surface area contributed by atoms with Crippen molar-refractivity contribution in [3.63, 3.8) is 0 Å². The second-order valence-electron chi connectivity index (χ2n) is 4.45. The van der Waals surface area contributed by atoms with Crippen LogP contribution in [0.15, 0.2) is 6.20 Å². The summed E-state index contributed by atoms with van der Waals surface area (Å²) >= 11 is 0. The molecule has 2 N–H and O–H groups in total. The number of nitrogens with two attached hydrogens (primary N) is 1. The lowest BCUT2D eigenvalue weighted by Crippen LogP contribution is -2.13. The average Bonchev–Trinajstić information content (AvgIpc) is 2.79. The first-order chi connectivity index (χ1) is 8.20. The van der Waals surface area contributed by atoms with Crippen molar-refractivity contribution in [3.8, 4) is 0 Å². The predicted molar refractivity (Wildman–Crippen MR) is 63.3 cm³/mol. The zero-order valence-corrected chi connectivity index (χ0v) is 10.2. The molecule has 0 saturated carbocycles. The number of methoxy groups -OCH3 is 1. The number of aryl methyl sites for hydroxylation is 2. The van der Waals surface area contributed by atoms with Crippen LogP contribution >= 0.6 is 0 Å². The Morgan fingerprint density at radius 3 is 3.18 bits per heavy atom. The largest absolute Gasteiger partial charge is 0.469 e. The van der Waals surface area contributed by atoms with Crippen molar-refractivity contribution in [1.82, 2.24) is 9.55 Å². The molecule has 0 bridgehead atoms. The van der Waals surface area contributed by atoms with Crippen LogP contribution in [-0.2, 0) is 22.5 Å². The third-order valence-electron chi connectivity index (χ3n) is 3.19. The Balaban J connectivity index is 1.96. The molecule has 0 spiro atoms. The van der Waals surface area contributed by atoms with Crippen molar-refractivity contribution in [3.05, 3.63) is 17.7 Å². The summed E-state index contributed by atoms with van der Waals surface area (Å²) in [5, 5.41) is 0. The number of hydrogen-bond donors (Lipinski definition) is 1. The van der Waals surface area contributed by atoms with Gasteiger partial charge in [-0.15, -0.1) is 0 Å². The molecule has 1 atom stereocenters. The molecule has 1 aliphatic rings. The molecular formula is C12H19N3O2. The molecule has 0 aliphatic carbocycles. The molecular weight excluding hydrogens is 218 g/mol. The first-order valence-electron chi connectivity index (χ1n) is 6.09. The third-order valence-corrected chi connectivity index (χ3v) is 3.19. The lowest BCUT2D eigenvalue weighted by atomic mass is 10.1. The molecule has 0 aromatic carbocycles. The number of rotatable bonds is 4. The van der Waals surface area contributed by atoms with Gasteiger partial charge in [-0.05, 0) is 19.3 Å². The normalized spacial score (nSPS) is 16.4. The zero-order valence-electron chi connectivity index (χ0n) is 10.2. The van der Waals surface area contributed by atoms with E-state index in [9.17, 15) is 4.79 Å². The van der Waals surface area contributed by atoms with Gasteiger partial charge < -0.3 is 15.0 Å². The Kier molecular flexibility index (Phi) is 3.78. The Labute approximate surface area is 101 Å². The highest BCUT2D eigenvalue weighted by atomic mass is 16.5. The number of carbonyl (C=O) groups excluding carboxylic acids is 1. The fraction of sp³-hybridized carbons (Fsp3) is 0.667. The summed E-state index contributed by atoms with van der Waals surface area (Å²) in [4.78, 5) is 15.6. The quantitative estimate of drug-likeness (QED) is 0.798. The second kappa shape index (κ2) is 5.31. The van der Waals surface area contributed by atoms with E-state index in [2.05, 4.69) is 14.3 Å². The van der Waals surface area contributed by atoms with Gasteiger partial charge >= 0.3 is 5.97 Å². The molecule has 0 amide bonds. The minimum atomic E-state index is -0.218. The van der Waals surface area contributed by atoms with E-state index in [0.717, 1.165) is 24.5 Å². The van der Waals surface area contributed by atoms with E-state index in [4.69, 9.17) is 5.73 Å². The van der Waals surface area contributed by atoms with Gasteiger partial charge in [-0.25, -0.2) is 4.98 Å². The molecule has 1 aromatic rings. The summed E-state index contributed by atoms with van der Waals surface area (Å²) in [6.07, 6.45) is 6.40. The monoisotopic (exact) mass is 237 g/mol. The van der Waals surface area contributed by atoms with Gasteiger partial charge in [0.25, 0.3) is 0 Å². The van der Waals surface area contributed by atoms with E-state index < -0.39 is 0 Å². The number of carbonyl (C=O) groups is 1. The zero-order chi connectivity index (χ0) is 12.3. The maximum absolute atomic E-state index is 11.0. The molecule has 94 valence electrons. The molecule has 0 saturated heterocycles. The fourth-order valence-corrected chi connectivity index (χ4v) is 2.14. The molecule has 1 aromatic heterocycles. The van der Waals surface area contributed by atoms with Crippen LogP contribution in [0.2, 0.25) is 0 Å². The highest BCUT2D eigenvalue weighted by Gasteiger charge is 2.17. The summed E-state index contributed by atoms with van der Waals surface area (Å²) in [6, 6.07) is -0.174. The Hall–Kier alpha value is -1.36. The summed E-state index contributed by atoms with van der Waals surface area (Å²) in [6.45, 7) is 1.03. The smallest absolute Gasteiger partial charge is 0.305 e. The van der Waals surface area contributed by atoms with E-state index in [-0.39, 0.29) is 12.0 Å². The highest BCUT2D eigenvalue weighted by Crippen LogP contribution is 2.20. The van der Waals surface area contributed by atoms with Crippen LogP contribution in [-0.4, -0.2) is 22.6 Å². The van der Waals surface area contributed by atoms with Gasteiger partial charge in [0.05, 0.1) is 12.8 Å². The topological polar surface area (TPSA) is 70.1 Å². The van der Waals surface area contributed by atoms with Crippen LogP contribution < -0.4 is 5.73 Å². The predicted octanol–water partition coefficient (Wildman–Crippen LogP) is 1.17. The molecule has 17 heavy (non-hydrogen) atoms. The highest BCUT2D eigenvalue weighted by molar-refractivity contribution is 5.69. The average molecular weight is 237 g/mol. The number of esters is 1. The van der Waals surface area contributed by atoms with Crippen molar-refractivity contribution in [2.75, 3.05) is 7.11 Å². The van der Waals surface area contributed by atoms with Gasteiger partial charge in [0.15, 0.2) is 0 Å². The molecule has 2 heterocycles. The standard InChI is InChI=1S/C12H19N3O2/c1-17-12(16)6-5-9(13)10-8-15-7-3-2-4-11(15)14-10/h8-9H,2-7,13H2,1H3. The molecule has 2 rings (SSSR count). The molecule has 1 unspecified atom stereocenters. The fourth-order valence-electron chi connectivity index (χ4n) is 2.14.